The van der Waals surface area contributed by atoms with Gasteiger partial charge in [-0.3, -0.25) is 0 Å². The molecule has 0 spiro atoms. The molecule has 178 valence electrons. The molecule has 0 aliphatic heterocycles. The third-order valence-electron chi connectivity index (χ3n) is 5.11. The first kappa shape index (κ1) is 23.7. The average molecular weight is 483 g/mol. The van der Waals surface area contributed by atoms with Gasteiger partial charge in [0.2, 0.25) is 0 Å². The number of carboxylic acid groups (broad SMARTS) is 1. The monoisotopic (exact) mass is 483 g/mol. The number of anilines is 1. The molecule has 0 amide bonds. The molecule has 1 aromatic heterocycles. The maximum absolute atomic E-state index is 13.5. The van der Waals surface area contributed by atoms with Gasteiger partial charge < -0.3 is 15.6 Å². The Morgan fingerprint density at radius 1 is 0.971 bits per heavy atom. The van der Waals surface area contributed by atoms with Crippen molar-refractivity contribution in [1.29, 1.82) is 0 Å². The number of alkyl halides is 3. The highest BCUT2D eigenvalue weighted by atomic mass is 19.4. The molecule has 0 fully saturated rings. The Labute approximate surface area is 196 Å². The van der Waals surface area contributed by atoms with Crippen molar-refractivity contribution in [2.24, 2.45) is 0 Å². The van der Waals surface area contributed by atoms with E-state index in [1.165, 1.54) is 36.5 Å². The fourth-order valence-corrected chi connectivity index (χ4v) is 3.41. The van der Waals surface area contributed by atoms with Crippen LogP contribution in [0.2, 0.25) is 0 Å². The molecule has 0 bridgehead atoms. The quantitative estimate of drug-likeness (QED) is 0.335. The highest BCUT2D eigenvalue weighted by Gasteiger charge is 2.31. The van der Waals surface area contributed by atoms with Crippen LogP contribution in [-0.4, -0.2) is 21.0 Å². The third-order valence-corrected chi connectivity index (χ3v) is 5.11. The van der Waals surface area contributed by atoms with Crippen LogP contribution < -0.4 is 10.5 Å². The first-order valence-corrected chi connectivity index (χ1v) is 10.2. The van der Waals surface area contributed by atoms with E-state index in [0.29, 0.717) is 16.7 Å². The summed E-state index contributed by atoms with van der Waals surface area (Å²) in [6, 6.07) is 14.9. The summed E-state index contributed by atoms with van der Waals surface area (Å²) < 4.78 is 59.6. The number of hydrogen-bond donors (Lipinski definition) is 2. The second-order valence-corrected chi connectivity index (χ2v) is 7.46. The maximum atomic E-state index is 13.5. The van der Waals surface area contributed by atoms with Crippen LogP contribution in [0.25, 0.3) is 22.4 Å². The summed E-state index contributed by atoms with van der Waals surface area (Å²) in [6.45, 7) is -0.0222. The second-order valence-electron chi connectivity index (χ2n) is 7.46. The predicted octanol–water partition coefficient (Wildman–Crippen LogP) is 5.83. The molecule has 3 aromatic carbocycles. The van der Waals surface area contributed by atoms with Gasteiger partial charge in [-0.05, 0) is 41.5 Å². The molecule has 0 saturated carbocycles. The summed E-state index contributed by atoms with van der Waals surface area (Å²) in [7, 11) is 0. The lowest BCUT2D eigenvalue weighted by molar-refractivity contribution is -0.137. The van der Waals surface area contributed by atoms with Crippen molar-refractivity contribution >= 4 is 11.8 Å². The summed E-state index contributed by atoms with van der Waals surface area (Å²) in [5.74, 6) is -1.97. The van der Waals surface area contributed by atoms with Gasteiger partial charge in [0.15, 0.2) is 11.5 Å². The number of aromatic nitrogens is 2. The Bertz CT molecular complexity index is 1390. The zero-order valence-electron chi connectivity index (χ0n) is 17.9. The third kappa shape index (κ3) is 5.21. The zero-order valence-corrected chi connectivity index (χ0v) is 17.9. The van der Waals surface area contributed by atoms with Crippen molar-refractivity contribution in [3.8, 4) is 28.1 Å². The molecular formula is C25H17F4N3O3. The maximum Gasteiger partial charge on any atom is 0.416 e. The van der Waals surface area contributed by atoms with Gasteiger partial charge in [0.05, 0.1) is 17.5 Å². The molecule has 0 unspecified atom stereocenters. The Balaban J connectivity index is 1.83. The number of hydrogen-bond acceptors (Lipinski definition) is 5. The number of nitrogens with two attached hydrogens (primary N) is 1. The fourth-order valence-electron chi connectivity index (χ4n) is 3.41. The highest BCUT2D eigenvalue weighted by Crippen LogP contribution is 2.41. The SMILES string of the molecule is Nc1ncc(-c2ccccc2-c2cc(C(F)(F)F)ccc2OCc2ccc(F)cc2)nc1C(=O)O. The first-order chi connectivity index (χ1) is 16.6. The van der Waals surface area contributed by atoms with Gasteiger partial charge >= 0.3 is 12.1 Å². The largest absolute Gasteiger partial charge is 0.488 e. The lowest BCUT2D eigenvalue weighted by Gasteiger charge is -2.17. The van der Waals surface area contributed by atoms with E-state index < -0.39 is 29.2 Å². The summed E-state index contributed by atoms with van der Waals surface area (Å²) in [5.41, 5.74) is 5.67. The number of carbonyl (C=O) groups is 1. The summed E-state index contributed by atoms with van der Waals surface area (Å²) >= 11 is 0. The number of ether oxygens (including phenoxy) is 1. The number of carboxylic acids is 1. The van der Waals surface area contributed by atoms with E-state index in [1.807, 2.05) is 0 Å². The first-order valence-electron chi connectivity index (χ1n) is 10.2. The molecule has 0 saturated heterocycles. The minimum Gasteiger partial charge on any atom is -0.488 e. The molecule has 0 atom stereocenters. The van der Waals surface area contributed by atoms with Crippen molar-refractivity contribution in [1.82, 2.24) is 9.97 Å². The standard InChI is InChI=1S/C25H17F4N3O3/c26-16-8-5-14(6-9-16)13-35-21-10-7-15(25(27,28)29)11-19(21)17-3-1-2-4-18(17)20-12-31-23(30)22(32-20)24(33)34/h1-12H,13H2,(H2,30,31)(H,33,34). The van der Waals surface area contributed by atoms with E-state index in [0.717, 1.165) is 12.1 Å². The lowest BCUT2D eigenvalue weighted by atomic mass is 9.95. The average Bonchev–Trinajstić information content (AvgIpc) is 2.83. The van der Waals surface area contributed by atoms with Gasteiger partial charge in [-0.15, -0.1) is 0 Å². The summed E-state index contributed by atoms with van der Waals surface area (Å²) in [4.78, 5) is 19.4. The van der Waals surface area contributed by atoms with E-state index in [1.54, 1.807) is 24.3 Å². The molecular weight excluding hydrogens is 466 g/mol. The fraction of sp³-hybridized carbons (Fsp3) is 0.0800. The normalized spacial score (nSPS) is 11.3. The highest BCUT2D eigenvalue weighted by molar-refractivity contribution is 5.92. The molecule has 0 radical (unpaired) electrons. The molecule has 0 aliphatic carbocycles. The van der Waals surface area contributed by atoms with Crippen LogP contribution in [-0.2, 0) is 12.8 Å². The molecule has 10 heteroatoms. The lowest BCUT2D eigenvalue weighted by Crippen LogP contribution is -2.09. The molecule has 35 heavy (non-hydrogen) atoms. The van der Waals surface area contributed by atoms with Crippen molar-refractivity contribution in [2.75, 3.05) is 5.73 Å². The van der Waals surface area contributed by atoms with Crippen LogP contribution in [0.4, 0.5) is 23.4 Å². The summed E-state index contributed by atoms with van der Waals surface area (Å²) in [6.07, 6.45) is -3.37. The Kier molecular flexibility index (Phi) is 6.37. The van der Waals surface area contributed by atoms with Crippen molar-refractivity contribution in [3.05, 3.63) is 95.6 Å². The van der Waals surface area contributed by atoms with E-state index in [4.69, 9.17) is 10.5 Å². The summed E-state index contributed by atoms with van der Waals surface area (Å²) in [5, 5.41) is 9.34. The number of halogens is 4. The predicted molar refractivity (Wildman–Crippen MR) is 120 cm³/mol. The molecule has 3 N–H and O–H groups in total. The van der Waals surface area contributed by atoms with E-state index in [9.17, 15) is 27.5 Å². The van der Waals surface area contributed by atoms with Gasteiger partial charge in [-0.1, -0.05) is 36.4 Å². The minimum atomic E-state index is -4.61. The van der Waals surface area contributed by atoms with Crippen LogP contribution in [0.15, 0.2) is 72.9 Å². The molecule has 4 aromatic rings. The number of aromatic carboxylic acids is 1. The zero-order chi connectivity index (χ0) is 25.2. The van der Waals surface area contributed by atoms with Crippen molar-refractivity contribution in [3.63, 3.8) is 0 Å². The Morgan fingerprint density at radius 2 is 1.66 bits per heavy atom. The van der Waals surface area contributed by atoms with Gasteiger partial charge in [0.1, 0.15) is 18.2 Å². The number of rotatable bonds is 6. The number of benzene rings is 3. The van der Waals surface area contributed by atoms with E-state index in [-0.39, 0.29) is 29.4 Å². The van der Waals surface area contributed by atoms with Crippen molar-refractivity contribution in [2.45, 2.75) is 12.8 Å². The van der Waals surface area contributed by atoms with Crippen LogP contribution in [0, 0.1) is 5.82 Å². The second kappa shape index (κ2) is 9.41. The smallest absolute Gasteiger partial charge is 0.416 e. The van der Waals surface area contributed by atoms with Crippen LogP contribution in [0.5, 0.6) is 5.75 Å². The van der Waals surface area contributed by atoms with Gasteiger partial charge in [0, 0.05) is 11.1 Å². The van der Waals surface area contributed by atoms with Crippen molar-refractivity contribution < 1.29 is 32.2 Å². The molecule has 4 rings (SSSR count). The molecule has 0 aliphatic rings. The number of nitrogen functional groups attached to an aromatic ring is 1. The minimum absolute atomic E-state index is 0.0222. The van der Waals surface area contributed by atoms with Gasteiger partial charge in [-0.2, -0.15) is 13.2 Å². The Morgan fingerprint density at radius 3 is 2.31 bits per heavy atom. The van der Waals surface area contributed by atoms with Crippen LogP contribution >= 0.6 is 0 Å². The van der Waals surface area contributed by atoms with Gasteiger partial charge in [-0.25, -0.2) is 19.2 Å². The van der Waals surface area contributed by atoms with E-state index >= 15 is 0 Å². The van der Waals surface area contributed by atoms with Gasteiger partial charge in [0.25, 0.3) is 0 Å². The molecule has 6 nitrogen and oxygen atoms in total. The Hall–Kier alpha value is -4.47. The van der Waals surface area contributed by atoms with Crippen LogP contribution in [0.3, 0.4) is 0 Å². The molecule has 1 heterocycles. The number of nitrogens with zero attached hydrogens (tertiary/aromatic N) is 2. The topological polar surface area (TPSA) is 98.3 Å². The van der Waals surface area contributed by atoms with Crippen LogP contribution in [0.1, 0.15) is 21.6 Å². The van der Waals surface area contributed by atoms with E-state index in [2.05, 4.69) is 9.97 Å².